The lowest BCUT2D eigenvalue weighted by Gasteiger charge is -2.35. The van der Waals surface area contributed by atoms with E-state index in [1.165, 1.54) is 16.5 Å². The first-order valence-corrected chi connectivity index (χ1v) is 14.5. The van der Waals surface area contributed by atoms with E-state index < -0.39 is 5.60 Å². The summed E-state index contributed by atoms with van der Waals surface area (Å²) in [5, 5.41) is 0.898. The van der Waals surface area contributed by atoms with Crippen LogP contribution in [0.3, 0.4) is 0 Å². The van der Waals surface area contributed by atoms with Crippen molar-refractivity contribution in [1.82, 2.24) is 4.90 Å². The van der Waals surface area contributed by atoms with Gasteiger partial charge >= 0.3 is 0 Å². The van der Waals surface area contributed by atoms with Gasteiger partial charge in [0.15, 0.2) is 10.7 Å². The maximum Gasteiger partial charge on any atom is 0.185 e. The van der Waals surface area contributed by atoms with Crippen LogP contribution in [0.1, 0.15) is 46.5 Å². The minimum atomic E-state index is -0.788. The molecule has 5 aromatic rings. The monoisotopic (exact) mass is 535 g/mol. The number of nitrogens with zero attached hydrogens (tertiary/aromatic N) is 1. The lowest BCUT2D eigenvalue weighted by molar-refractivity contribution is 0.161. The molecule has 6 rings (SSSR count). The van der Waals surface area contributed by atoms with E-state index in [0.717, 1.165) is 46.8 Å². The predicted octanol–water partition coefficient (Wildman–Crippen LogP) is 8.84. The fourth-order valence-electron chi connectivity index (χ4n) is 5.26. The molecule has 4 aromatic carbocycles. The van der Waals surface area contributed by atoms with Crippen LogP contribution >= 0.6 is 11.3 Å². The Morgan fingerprint density at radius 2 is 1.26 bits per heavy atom. The second-order valence-electron chi connectivity index (χ2n) is 9.45. The number of benzene rings is 4. The molecule has 0 amide bonds. The summed E-state index contributed by atoms with van der Waals surface area (Å²) in [5.41, 5.74) is 4.48. The lowest BCUT2D eigenvalue weighted by Crippen LogP contribution is -2.35. The van der Waals surface area contributed by atoms with E-state index in [1.807, 2.05) is 44.2 Å². The molecule has 0 bridgehead atoms. The molecule has 4 heteroatoms. The molecule has 0 unspecified atom stereocenters. The van der Waals surface area contributed by atoms with E-state index in [9.17, 15) is 4.39 Å². The molecule has 39 heavy (non-hydrogen) atoms. The number of hydrogen-bond donors (Lipinski definition) is 0. The Hall–Kier alpha value is -3.73. The highest BCUT2D eigenvalue weighted by atomic mass is 32.1. The number of thiophene rings is 1. The fraction of sp³-hybridized carbons (Fsp3) is 0.200. The quantitative estimate of drug-likeness (QED) is 0.193. The number of ether oxygens (including phenoxy) is 1. The topological polar surface area (TPSA) is 12.5 Å². The molecule has 1 aromatic heterocycles. The molecule has 2 nitrogen and oxygen atoms in total. The van der Waals surface area contributed by atoms with Gasteiger partial charge in [-0.05, 0) is 24.1 Å². The van der Waals surface area contributed by atoms with E-state index in [2.05, 4.69) is 83.8 Å². The zero-order valence-corrected chi connectivity index (χ0v) is 23.3. The van der Waals surface area contributed by atoms with Crippen molar-refractivity contribution in [1.29, 1.82) is 0 Å². The fourth-order valence-corrected chi connectivity index (χ4v) is 6.32. The average Bonchev–Trinajstić information content (AvgIpc) is 3.41. The van der Waals surface area contributed by atoms with Crippen molar-refractivity contribution in [2.24, 2.45) is 0 Å². The Morgan fingerprint density at radius 3 is 1.79 bits per heavy atom. The summed E-state index contributed by atoms with van der Waals surface area (Å²) in [5.74, 6) is -0.138. The van der Waals surface area contributed by atoms with Gasteiger partial charge in [-0.3, -0.25) is 4.90 Å². The van der Waals surface area contributed by atoms with Gasteiger partial charge in [-0.1, -0.05) is 123 Å². The molecule has 2 heterocycles. The van der Waals surface area contributed by atoms with Crippen LogP contribution in [0.2, 0.25) is 0 Å². The first-order chi connectivity index (χ1) is 19.2. The van der Waals surface area contributed by atoms with Gasteiger partial charge in [0.1, 0.15) is 5.82 Å². The second kappa shape index (κ2) is 12.4. The highest BCUT2D eigenvalue weighted by Gasteiger charge is 2.39. The number of rotatable bonds is 7. The van der Waals surface area contributed by atoms with Crippen LogP contribution in [-0.4, -0.2) is 11.4 Å². The minimum Gasteiger partial charge on any atom is -0.463 e. The van der Waals surface area contributed by atoms with E-state index >= 15 is 0 Å². The van der Waals surface area contributed by atoms with Crippen LogP contribution in [0, 0.1) is 5.82 Å². The summed E-state index contributed by atoms with van der Waals surface area (Å²) >= 11 is 1.73. The third kappa shape index (κ3) is 5.68. The standard InChI is InChI=1S/C33H28FNOS.C2H6/c34-30-19-11-10-12-25(30)23-35-21-20-31-26(24-35)22-32(37-31)36-33(27-13-4-1-5-14-27,28-15-6-2-7-16-28)29-17-8-3-9-18-29;1-2/h1-19,22H,20-21,23-24H2;1-2H3. The molecule has 0 atom stereocenters. The number of halogens is 1. The van der Waals surface area contributed by atoms with E-state index in [0.29, 0.717) is 6.54 Å². The zero-order chi connectivity index (χ0) is 27.1. The van der Waals surface area contributed by atoms with E-state index in [1.54, 1.807) is 17.4 Å². The summed E-state index contributed by atoms with van der Waals surface area (Å²) in [4.78, 5) is 3.67. The van der Waals surface area contributed by atoms with E-state index in [-0.39, 0.29) is 5.82 Å². The van der Waals surface area contributed by atoms with Crippen LogP contribution in [0.4, 0.5) is 4.39 Å². The molecule has 198 valence electrons. The van der Waals surface area contributed by atoms with Crippen molar-refractivity contribution in [2.45, 2.75) is 39.0 Å². The van der Waals surface area contributed by atoms with Crippen molar-refractivity contribution in [3.8, 4) is 5.06 Å². The normalized spacial score (nSPS) is 13.2. The first kappa shape index (κ1) is 26.9. The van der Waals surface area contributed by atoms with Crippen molar-refractivity contribution in [3.63, 3.8) is 0 Å². The number of fused-ring (bicyclic) bond motifs is 1. The molecule has 0 N–H and O–H groups in total. The van der Waals surface area contributed by atoms with Crippen molar-refractivity contribution >= 4 is 11.3 Å². The molecule has 0 spiro atoms. The lowest BCUT2D eigenvalue weighted by atomic mass is 9.80. The summed E-state index contributed by atoms with van der Waals surface area (Å²) in [6.45, 7) is 6.31. The van der Waals surface area contributed by atoms with Crippen LogP contribution in [0.25, 0.3) is 0 Å². The third-order valence-electron chi connectivity index (χ3n) is 7.07. The van der Waals surface area contributed by atoms with Gasteiger partial charge in [-0.15, -0.1) is 11.3 Å². The van der Waals surface area contributed by atoms with Crippen molar-refractivity contribution in [2.75, 3.05) is 6.54 Å². The Balaban J connectivity index is 0.00000151. The molecule has 1 aliphatic heterocycles. The Kier molecular flexibility index (Phi) is 8.55. The van der Waals surface area contributed by atoms with Gasteiger partial charge in [-0.25, -0.2) is 4.39 Å². The SMILES string of the molecule is CC.Fc1ccccc1CN1CCc2sc(OC(c3ccccc3)(c3ccccc3)c3ccccc3)cc2C1. The Labute approximate surface area is 235 Å². The number of hydrogen-bond acceptors (Lipinski definition) is 3. The van der Waals surface area contributed by atoms with Gasteiger partial charge in [-0.2, -0.15) is 0 Å². The van der Waals surface area contributed by atoms with Gasteiger partial charge < -0.3 is 4.74 Å². The molecular weight excluding hydrogens is 501 g/mol. The van der Waals surface area contributed by atoms with Crippen LogP contribution in [0.15, 0.2) is 121 Å². The third-order valence-corrected chi connectivity index (χ3v) is 8.18. The van der Waals surface area contributed by atoms with Gasteiger partial charge in [0.05, 0.1) is 0 Å². The zero-order valence-electron chi connectivity index (χ0n) is 22.5. The highest BCUT2D eigenvalue weighted by molar-refractivity contribution is 7.14. The van der Waals surface area contributed by atoms with Crippen LogP contribution < -0.4 is 4.74 Å². The van der Waals surface area contributed by atoms with Gasteiger partial charge in [0, 0.05) is 46.8 Å². The van der Waals surface area contributed by atoms with Crippen LogP contribution in [-0.2, 0) is 25.1 Å². The molecule has 0 saturated heterocycles. The Morgan fingerprint density at radius 1 is 0.744 bits per heavy atom. The average molecular weight is 536 g/mol. The summed E-state index contributed by atoms with van der Waals surface area (Å²) < 4.78 is 21.4. The molecule has 0 fully saturated rings. The van der Waals surface area contributed by atoms with Crippen molar-refractivity contribution < 1.29 is 9.13 Å². The second-order valence-corrected chi connectivity index (χ2v) is 10.5. The largest absolute Gasteiger partial charge is 0.463 e. The maximum atomic E-state index is 14.3. The van der Waals surface area contributed by atoms with Gasteiger partial charge in [0.2, 0.25) is 0 Å². The highest BCUT2D eigenvalue weighted by Crippen LogP contribution is 2.44. The predicted molar refractivity (Wildman–Crippen MR) is 160 cm³/mol. The molecule has 1 aliphatic rings. The molecule has 0 radical (unpaired) electrons. The van der Waals surface area contributed by atoms with Gasteiger partial charge in [0.25, 0.3) is 0 Å². The molecular formula is C35H34FNOS. The summed E-state index contributed by atoms with van der Waals surface area (Å²) in [6, 6.07) is 40.6. The summed E-state index contributed by atoms with van der Waals surface area (Å²) in [7, 11) is 0. The minimum absolute atomic E-state index is 0.138. The summed E-state index contributed by atoms with van der Waals surface area (Å²) in [6.07, 6.45) is 0.937. The van der Waals surface area contributed by atoms with E-state index in [4.69, 9.17) is 4.74 Å². The Bertz CT molecular complexity index is 1370. The molecule has 0 aliphatic carbocycles. The first-order valence-electron chi connectivity index (χ1n) is 13.7. The maximum absolute atomic E-state index is 14.3. The van der Waals surface area contributed by atoms with Crippen LogP contribution in [0.5, 0.6) is 5.06 Å². The molecule has 0 saturated carbocycles. The smallest absolute Gasteiger partial charge is 0.185 e. The van der Waals surface area contributed by atoms with Crippen molar-refractivity contribution in [3.05, 3.63) is 160 Å².